The lowest BCUT2D eigenvalue weighted by atomic mass is 9.61. The summed E-state index contributed by atoms with van der Waals surface area (Å²) >= 11 is 6.27. The SMILES string of the molecule is CCOC(=O)C1(C2c3[nH]c4ccc(Cl)cc4c3CCN2C(=O)c2cn(C)cn2)CCC1. The zero-order valence-corrected chi connectivity index (χ0v) is 18.4. The standard InChI is InChI=1S/C23H25ClN4O3/c1-3-31-22(30)23(8-4-9-23)20-19-15(16-11-14(24)5-6-17(16)26-19)7-10-28(20)21(29)18-12-27(2)13-25-18/h5-6,11-13,20,26H,3-4,7-10H2,1-2H3. The lowest BCUT2D eigenvalue weighted by molar-refractivity contribution is -0.168. The highest BCUT2D eigenvalue weighted by molar-refractivity contribution is 6.31. The Labute approximate surface area is 185 Å². The van der Waals surface area contributed by atoms with Gasteiger partial charge in [-0.1, -0.05) is 18.0 Å². The van der Waals surface area contributed by atoms with Crippen molar-refractivity contribution in [3.8, 4) is 0 Å². The molecule has 0 spiro atoms. The van der Waals surface area contributed by atoms with Gasteiger partial charge in [0.1, 0.15) is 5.69 Å². The highest BCUT2D eigenvalue weighted by atomic mass is 35.5. The van der Waals surface area contributed by atoms with Crippen molar-refractivity contribution < 1.29 is 14.3 Å². The lowest BCUT2D eigenvalue weighted by Crippen LogP contribution is -2.54. The van der Waals surface area contributed by atoms with Gasteiger partial charge < -0.3 is 19.2 Å². The number of ether oxygens (including phenoxy) is 1. The number of H-pyrrole nitrogens is 1. The number of fused-ring (bicyclic) bond motifs is 3. The number of rotatable bonds is 4. The van der Waals surface area contributed by atoms with E-state index in [1.165, 1.54) is 0 Å². The minimum Gasteiger partial charge on any atom is -0.465 e. The van der Waals surface area contributed by atoms with E-state index in [1.807, 2.05) is 37.1 Å². The zero-order chi connectivity index (χ0) is 21.8. The van der Waals surface area contributed by atoms with E-state index in [-0.39, 0.29) is 11.9 Å². The molecule has 0 bridgehead atoms. The molecule has 3 heterocycles. The summed E-state index contributed by atoms with van der Waals surface area (Å²) in [7, 11) is 1.84. The molecule has 1 aliphatic heterocycles. The minimum atomic E-state index is -0.750. The molecule has 162 valence electrons. The number of nitrogens with one attached hydrogen (secondary N) is 1. The monoisotopic (exact) mass is 440 g/mol. The average molecular weight is 441 g/mol. The molecule has 1 aromatic carbocycles. The number of benzene rings is 1. The van der Waals surface area contributed by atoms with Crippen LogP contribution in [-0.4, -0.2) is 44.5 Å². The lowest BCUT2D eigenvalue weighted by Gasteiger charge is -2.50. The molecule has 1 amide bonds. The summed E-state index contributed by atoms with van der Waals surface area (Å²) in [6.07, 6.45) is 6.34. The number of imidazole rings is 1. The number of carbonyl (C=O) groups is 2. The Morgan fingerprint density at radius 1 is 1.35 bits per heavy atom. The molecule has 5 rings (SSSR count). The summed E-state index contributed by atoms with van der Waals surface area (Å²) in [6.45, 7) is 2.64. The Hall–Kier alpha value is -2.80. The maximum Gasteiger partial charge on any atom is 0.314 e. The summed E-state index contributed by atoms with van der Waals surface area (Å²) < 4.78 is 7.27. The van der Waals surface area contributed by atoms with Crippen molar-refractivity contribution in [2.24, 2.45) is 12.5 Å². The molecule has 1 unspecified atom stereocenters. The summed E-state index contributed by atoms with van der Waals surface area (Å²) in [4.78, 5) is 36.4. The summed E-state index contributed by atoms with van der Waals surface area (Å²) in [6, 6.07) is 5.33. The number of aromatic nitrogens is 3. The van der Waals surface area contributed by atoms with Crippen LogP contribution < -0.4 is 0 Å². The number of carbonyl (C=O) groups excluding carboxylic acids is 2. The molecule has 1 saturated carbocycles. The molecule has 8 heteroatoms. The van der Waals surface area contributed by atoms with Crippen molar-refractivity contribution >= 4 is 34.4 Å². The van der Waals surface area contributed by atoms with E-state index in [2.05, 4.69) is 9.97 Å². The van der Waals surface area contributed by atoms with Crippen molar-refractivity contribution in [1.29, 1.82) is 0 Å². The Balaban J connectivity index is 1.67. The third-order valence-electron chi connectivity index (χ3n) is 6.73. The molecule has 1 N–H and O–H groups in total. The Morgan fingerprint density at radius 2 is 2.16 bits per heavy atom. The van der Waals surface area contributed by atoms with Gasteiger partial charge in [-0.2, -0.15) is 0 Å². The predicted octanol–water partition coefficient (Wildman–Crippen LogP) is 4.03. The molecule has 0 saturated heterocycles. The second kappa shape index (κ2) is 7.41. The van der Waals surface area contributed by atoms with Gasteiger partial charge in [0, 0.05) is 41.4 Å². The first-order chi connectivity index (χ1) is 14.9. The average Bonchev–Trinajstić information content (AvgIpc) is 3.30. The number of hydrogen-bond acceptors (Lipinski definition) is 4. The summed E-state index contributed by atoms with van der Waals surface area (Å²) in [5.41, 5.74) is 2.64. The van der Waals surface area contributed by atoms with Crippen molar-refractivity contribution in [1.82, 2.24) is 19.4 Å². The number of aromatic amines is 1. The number of hydrogen-bond donors (Lipinski definition) is 1. The Bertz CT molecular complexity index is 1180. The predicted molar refractivity (Wildman–Crippen MR) is 117 cm³/mol. The Kier molecular flexibility index (Phi) is 4.81. The molecule has 2 aromatic heterocycles. The van der Waals surface area contributed by atoms with Crippen LogP contribution in [0.2, 0.25) is 5.02 Å². The first kappa shape index (κ1) is 20.1. The molecule has 31 heavy (non-hydrogen) atoms. The number of aryl methyl sites for hydroxylation is 1. The smallest absolute Gasteiger partial charge is 0.314 e. The fourth-order valence-corrected chi connectivity index (χ4v) is 5.32. The normalized spacial score (nSPS) is 19.7. The highest BCUT2D eigenvalue weighted by Crippen LogP contribution is 2.56. The molecular formula is C23H25ClN4O3. The van der Waals surface area contributed by atoms with Gasteiger partial charge in [0.2, 0.25) is 0 Å². The largest absolute Gasteiger partial charge is 0.465 e. The second-order valence-corrected chi connectivity index (χ2v) is 8.95. The van der Waals surface area contributed by atoms with Gasteiger partial charge in [-0.3, -0.25) is 9.59 Å². The van der Waals surface area contributed by atoms with Gasteiger partial charge in [0.05, 0.1) is 24.4 Å². The molecule has 1 aliphatic carbocycles. The van der Waals surface area contributed by atoms with E-state index >= 15 is 0 Å². The van der Waals surface area contributed by atoms with Crippen LogP contribution in [0, 0.1) is 5.41 Å². The van der Waals surface area contributed by atoms with Crippen LogP contribution in [0.25, 0.3) is 10.9 Å². The van der Waals surface area contributed by atoms with Crippen molar-refractivity contribution in [3.63, 3.8) is 0 Å². The topological polar surface area (TPSA) is 80.2 Å². The van der Waals surface area contributed by atoms with Crippen LogP contribution in [0.3, 0.4) is 0 Å². The van der Waals surface area contributed by atoms with E-state index in [4.69, 9.17) is 16.3 Å². The third-order valence-corrected chi connectivity index (χ3v) is 6.96. The van der Waals surface area contributed by atoms with E-state index in [1.54, 1.807) is 17.1 Å². The van der Waals surface area contributed by atoms with Gasteiger partial charge in [-0.25, -0.2) is 4.98 Å². The van der Waals surface area contributed by atoms with Gasteiger partial charge in [0.15, 0.2) is 0 Å². The van der Waals surface area contributed by atoms with Crippen LogP contribution in [0.15, 0.2) is 30.7 Å². The number of halogens is 1. The van der Waals surface area contributed by atoms with E-state index in [9.17, 15) is 9.59 Å². The maximum atomic E-state index is 13.5. The van der Waals surface area contributed by atoms with Crippen LogP contribution in [-0.2, 0) is 23.0 Å². The second-order valence-electron chi connectivity index (χ2n) is 8.51. The molecule has 7 nitrogen and oxygen atoms in total. The van der Waals surface area contributed by atoms with Crippen molar-refractivity contribution in [2.75, 3.05) is 13.2 Å². The van der Waals surface area contributed by atoms with Crippen LogP contribution in [0.1, 0.15) is 54.0 Å². The van der Waals surface area contributed by atoms with Gasteiger partial charge in [-0.05, 0) is 49.9 Å². The molecule has 1 fully saturated rings. The van der Waals surface area contributed by atoms with E-state index < -0.39 is 11.5 Å². The molecule has 0 radical (unpaired) electrons. The van der Waals surface area contributed by atoms with Crippen LogP contribution in [0.5, 0.6) is 0 Å². The van der Waals surface area contributed by atoms with Crippen LogP contribution >= 0.6 is 11.6 Å². The third kappa shape index (κ3) is 3.05. The van der Waals surface area contributed by atoms with Crippen molar-refractivity contribution in [3.05, 3.63) is 52.7 Å². The summed E-state index contributed by atoms with van der Waals surface area (Å²) in [5.74, 6) is -0.391. The first-order valence-corrected chi connectivity index (χ1v) is 11.1. The number of nitrogens with zero attached hydrogens (tertiary/aromatic N) is 3. The molecular weight excluding hydrogens is 416 g/mol. The van der Waals surface area contributed by atoms with E-state index in [0.29, 0.717) is 43.1 Å². The first-order valence-electron chi connectivity index (χ1n) is 10.7. The van der Waals surface area contributed by atoms with Gasteiger partial charge in [0.25, 0.3) is 5.91 Å². The fraction of sp³-hybridized carbons (Fsp3) is 0.435. The summed E-state index contributed by atoms with van der Waals surface area (Å²) in [5, 5.41) is 1.72. The van der Waals surface area contributed by atoms with Crippen LogP contribution in [0.4, 0.5) is 0 Å². The van der Waals surface area contributed by atoms with Crippen molar-refractivity contribution in [2.45, 2.75) is 38.6 Å². The van der Waals surface area contributed by atoms with Gasteiger partial charge >= 0.3 is 5.97 Å². The fourth-order valence-electron chi connectivity index (χ4n) is 5.15. The zero-order valence-electron chi connectivity index (χ0n) is 17.7. The minimum absolute atomic E-state index is 0.163. The molecule has 1 atom stereocenters. The molecule has 2 aliphatic rings. The highest BCUT2D eigenvalue weighted by Gasteiger charge is 2.57. The molecule has 3 aromatic rings. The number of esters is 1. The maximum absolute atomic E-state index is 13.5. The van der Waals surface area contributed by atoms with E-state index in [0.717, 1.165) is 28.6 Å². The quantitative estimate of drug-likeness (QED) is 0.621. The Morgan fingerprint density at radius 3 is 2.81 bits per heavy atom. The van der Waals surface area contributed by atoms with Gasteiger partial charge in [-0.15, -0.1) is 0 Å². The number of amides is 1.